The van der Waals surface area contributed by atoms with Gasteiger partial charge in [-0.3, -0.25) is 0 Å². The van der Waals surface area contributed by atoms with Crippen LogP contribution in [0, 0.1) is 0 Å². The maximum Gasteiger partial charge on any atom is 0.260 e. The molecule has 0 unspecified atom stereocenters. The molecule has 11 aromatic rings. The van der Waals surface area contributed by atoms with Crippen LogP contribution in [0.15, 0.2) is 206 Å². The zero-order valence-corrected chi connectivity index (χ0v) is 32.4. The van der Waals surface area contributed by atoms with Crippen molar-refractivity contribution in [3.63, 3.8) is 0 Å². The summed E-state index contributed by atoms with van der Waals surface area (Å²) in [6.07, 6.45) is 0. The van der Waals surface area contributed by atoms with Crippen molar-refractivity contribution in [3.05, 3.63) is 206 Å². The van der Waals surface area contributed by atoms with Crippen LogP contribution in [0.1, 0.15) is 0 Å². The Balaban J connectivity index is 1.09. The van der Waals surface area contributed by atoms with Gasteiger partial charge in [-0.1, -0.05) is 127 Å². The zero-order valence-electron chi connectivity index (χ0n) is 32.4. The van der Waals surface area contributed by atoms with Crippen LogP contribution >= 0.6 is 0 Å². The van der Waals surface area contributed by atoms with E-state index in [4.69, 9.17) is 9.47 Å². The number of ether oxygens (including phenoxy) is 2. The highest BCUT2D eigenvalue weighted by atomic mass is 16.5. The fourth-order valence-corrected chi connectivity index (χ4v) is 9.91. The summed E-state index contributed by atoms with van der Waals surface area (Å²) in [5.41, 5.74) is 13.1. The van der Waals surface area contributed by atoms with Crippen LogP contribution < -0.4 is 30.8 Å². The highest BCUT2D eigenvalue weighted by Gasteiger charge is 2.42. The predicted octanol–water partition coefficient (Wildman–Crippen LogP) is 12.1. The van der Waals surface area contributed by atoms with E-state index in [0.717, 1.165) is 106 Å². The van der Waals surface area contributed by atoms with Gasteiger partial charge in [0.15, 0.2) is 0 Å². The van der Waals surface area contributed by atoms with Crippen molar-refractivity contribution < 1.29 is 9.47 Å². The Morgan fingerprint density at radius 2 is 0.833 bits per heavy atom. The molecule has 0 atom stereocenters. The molecule has 9 aromatic carbocycles. The Labute approximate surface area is 346 Å². The minimum Gasteiger partial charge on any atom is -0.456 e. The SMILES string of the molecule is c1ccc(N(c2ccccc2)c2ccc3c4ccc5c(c4n(-c4ccccc4)c3c2)Oc2cccc3c2B5c2ccc4c5ccccc5n(-c5ccccc5)c4c2O3)cc1. The second-order valence-electron chi connectivity index (χ2n) is 15.6. The van der Waals surface area contributed by atoms with Crippen LogP contribution in [0.5, 0.6) is 23.0 Å². The van der Waals surface area contributed by atoms with Crippen LogP contribution in [0.25, 0.3) is 55.0 Å². The van der Waals surface area contributed by atoms with Crippen LogP contribution in [0.2, 0.25) is 0 Å². The van der Waals surface area contributed by atoms with Crippen molar-refractivity contribution in [2.75, 3.05) is 4.90 Å². The smallest absolute Gasteiger partial charge is 0.260 e. The summed E-state index contributed by atoms with van der Waals surface area (Å²) in [5.74, 6) is 3.38. The van der Waals surface area contributed by atoms with Crippen molar-refractivity contribution in [2.45, 2.75) is 0 Å². The molecule has 0 saturated heterocycles. The number of nitrogens with zero attached hydrogens (tertiary/aromatic N) is 3. The molecular weight excluding hydrogens is 733 g/mol. The van der Waals surface area contributed by atoms with Crippen molar-refractivity contribution in [1.82, 2.24) is 9.13 Å². The van der Waals surface area contributed by atoms with Gasteiger partial charge in [0, 0.05) is 55.4 Å². The number of rotatable bonds is 5. The number of hydrogen-bond acceptors (Lipinski definition) is 3. The van der Waals surface area contributed by atoms with Crippen molar-refractivity contribution in [3.8, 4) is 34.4 Å². The first-order valence-corrected chi connectivity index (χ1v) is 20.5. The monoisotopic (exact) mass is 767 g/mol. The number of benzene rings is 9. The third-order valence-electron chi connectivity index (χ3n) is 12.4. The van der Waals surface area contributed by atoms with E-state index in [1.807, 2.05) is 0 Å². The summed E-state index contributed by atoms with van der Waals surface area (Å²) in [6, 6.07) is 73.3. The molecule has 0 aliphatic carbocycles. The fourth-order valence-electron chi connectivity index (χ4n) is 9.91. The van der Waals surface area contributed by atoms with E-state index in [1.54, 1.807) is 0 Å². The molecule has 0 fully saturated rings. The quantitative estimate of drug-likeness (QED) is 0.164. The Morgan fingerprint density at radius 3 is 1.40 bits per heavy atom. The van der Waals surface area contributed by atoms with Gasteiger partial charge in [-0.15, -0.1) is 0 Å². The second kappa shape index (κ2) is 12.8. The van der Waals surface area contributed by atoms with Gasteiger partial charge in [-0.2, -0.15) is 0 Å². The Morgan fingerprint density at radius 1 is 0.367 bits per heavy atom. The maximum absolute atomic E-state index is 7.17. The summed E-state index contributed by atoms with van der Waals surface area (Å²) in [5, 5.41) is 4.65. The van der Waals surface area contributed by atoms with Gasteiger partial charge in [-0.25, -0.2) is 0 Å². The van der Waals surface area contributed by atoms with E-state index in [1.165, 1.54) is 5.39 Å². The fraction of sp³-hybridized carbons (Fsp3) is 0. The molecule has 5 nitrogen and oxygen atoms in total. The zero-order chi connectivity index (χ0) is 39.3. The molecule has 4 heterocycles. The molecule has 2 aliphatic rings. The summed E-state index contributed by atoms with van der Waals surface area (Å²) >= 11 is 0. The average Bonchev–Trinajstić information content (AvgIpc) is 3.84. The first-order valence-electron chi connectivity index (χ1n) is 20.5. The molecule has 2 aromatic heterocycles. The summed E-state index contributed by atoms with van der Waals surface area (Å²) in [4.78, 5) is 2.32. The summed E-state index contributed by atoms with van der Waals surface area (Å²) in [7, 11) is 0. The molecule has 2 aliphatic heterocycles. The number of hydrogen-bond donors (Lipinski definition) is 0. The van der Waals surface area contributed by atoms with E-state index >= 15 is 0 Å². The minimum absolute atomic E-state index is 0.121. The third-order valence-corrected chi connectivity index (χ3v) is 12.4. The van der Waals surface area contributed by atoms with Crippen LogP contribution in [0.3, 0.4) is 0 Å². The molecule has 0 radical (unpaired) electrons. The summed E-state index contributed by atoms with van der Waals surface area (Å²) < 4.78 is 19.0. The van der Waals surface area contributed by atoms with Gasteiger partial charge in [0.1, 0.15) is 23.0 Å². The maximum atomic E-state index is 7.17. The molecule has 0 spiro atoms. The van der Waals surface area contributed by atoms with Crippen molar-refractivity contribution in [2.24, 2.45) is 0 Å². The van der Waals surface area contributed by atoms with Crippen LogP contribution in [0.4, 0.5) is 17.1 Å². The first-order chi connectivity index (χ1) is 29.8. The van der Waals surface area contributed by atoms with E-state index in [-0.39, 0.29) is 6.71 Å². The van der Waals surface area contributed by atoms with Gasteiger partial charge < -0.3 is 23.5 Å². The van der Waals surface area contributed by atoms with E-state index in [2.05, 4.69) is 220 Å². The molecule has 280 valence electrons. The van der Waals surface area contributed by atoms with Crippen LogP contribution in [-0.4, -0.2) is 15.8 Å². The molecule has 0 bridgehead atoms. The van der Waals surface area contributed by atoms with Gasteiger partial charge in [0.25, 0.3) is 6.71 Å². The van der Waals surface area contributed by atoms with E-state index in [0.29, 0.717) is 0 Å². The lowest BCUT2D eigenvalue weighted by Gasteiger charge is -2.33. The van der Waals surface area contributed by atoms with Gasteiger partial charge in [-0.05, 0) is 89.8 Å². The summed E-state index contributed by atoms with van der Waals surface area (Å²) in [6.45, 7) is -0.121. The van der Waals surface area contributed by atoms with E-state index in [9.17, 15) is 0 Å². The number of aromatic nitrogens is 2. The topological polar surface area (TPSA) is 31.6 Å². The van der Waals surface area contributed by atoms with Crippen LogP contribution in [-0.2, 0) is 0 Å². The molecule has 13 rings (SSSR count). The van der Waals surface area contributed by atoms with Gasteiger partial charge >= 0.3 is 0 Å². The number of para-hydroxylation sites is 5. The molecule has 6 heteroatoms. The average molecular weight is 768 g/mol. The van der Waals surface area contributed by atoms with Crippen molar-refractivity contribution in [1.29, 1.82) is 0 Å². The lowest BCUT2D eigenvalue weighted by Crippen LogP contribution is -2.57. The minimum atomic E-state index is -0.121. The highest BCUT2D eigenvalue weighted by Crippen LogP contribution is 2.46. The Bertz CT molecular complexity index is 3450. The number of anilines is 3. The highest BCUT2D eigenvalue weighted by molar-refractivity contribution is 6.98. The van der Waals surface area contributed by atoms with Gasteiger partial charge in [0.2, 0.25) is 0 Å². The second-order valence-corrected chi connectivity index (χ2v) is 15.6. The third kappa shape index (κ3) is 4.70. The van der Waals surface area contributed by atoms with Crippen molar-refractivity contribution >= 4 is 83.8 Å². The predicted molar refractivity (Wildman–Crippen MR) is 247 cm³/mol. The lowest BCUT2D eigenvalue weighted by molar-refractivity contribution is 0.468. The normalized spacial score (nSPS) is 12.6. The molecule has 0 saturated carbocycles. The molecular formula is C54H34BN3O2. The van der Waals surface area contributed by atoms with Gasteiger partial charge in [0.05, 0.1) is 22.1 Å². The number of fused-ring (bicyclic) bond motifs is 12. The van der Waals surface area contributed by atoms with E-state index < -0.39 is 0 Å². The molecule has 0 amide bonds. The lowest BCUT2D eigenvalue weighted by atomic mass is 9.34. The Hall–Kier alpha value is -7.96. The molecule has 0 N–H and O–H groups in total. The molecule has 60 heavy (non-hydrogen) atoms. The first kappa shape index (κ1) is 33.1. The largest absolute Gasteiger partial charge is 0.456 e. The Kier molecular flexibility index (Phi) is 7.04. The standard InChI is InChI=1S/C54H34BN3O2/c1-5-16-35(17-6-1)56(36-18-7-2-8-19-36)39-28-29-41-43-31-33-45-54(52(43)58(47(41)34-39)38-22-11-4-12-23-38)60-49-27-15-26-48-50(49)55(45)44-32-30-42-40-24-13-14-25-46(40)57(51(42)53(44)59-48)37-20-9-3-10-21-37/h1-34H.